The number of hydrogen-bond donors (Lipinski definition) is 1. The number of ether oxygens (including phenoxy) is 1. The molecule has 2 aromatic carbocycles. The summed E-state index contributed by atoms with van der Waals surface area (Å²) in [5.74, 6) is 10.3. The summed E-state index contributed by atoms with van der Waals surface area (Å²) in [4.78, 5) is 0. The molecule has 0 radical (unpaired) electrons. The molecule has 1 fully saturated rings. The van der Waals surface area contributed by atoms with Crippen molar-refractivity contribution < 1.29 is 18.6 Å². The smallest absolute Gasteiger partial charge is 0.123 e. The number of alkyl halides is 1. The summed E-state index contributed by atoms with van der Waals surface area (Å²) >= 11 is 3.17. The number of hydrogen-bond acceptors (Lipinski definition) is 2. The first-order valence-corrected chi connectivity index (χ1v) is 9.51. The monoisotopic (exact) mass is 434 g/mol. The van der Waals surface area contributed by atoms with Gasteiger partial charge < -0.3 is 9.84 Å². The van der Waals surface area contributed by atoms with E-state index in [1.807, 2.05) is 0 Å². The van der Waals surface area contributed by atoms with Crippen LogP contribution < -0.4 is 0 Å². The molecule has 0 spiro atoms. The molecule has 1 aliphatic rings. The molecule has 0 aliphatic carbocycles. The molecule has 27 heavy (non-hydrogen) atoms. The summed E-state index contributed by atoms with van der Waals surface area (Å²) < 4.78 is 29.6. The Morgan fingerprint density at radius 3 is 1.59 bits per heavy atom. The van der Waals surface area contributed by atoms with Crippen molar-refractivity contribution in [3.8, 4) is 23.7 Å². The van der Waals surface area contributed by atoms with Crippen LogP contribution in [-0.4, -0.2) is 30.3 Å². The van der Waals surface area contributed by atoms with Crippen molar-refractivity contribution in [3.05, 3.63) is 71.3 Å². The molecule has 142 valence electrons. The molecular formula is C22H21BrF2O2. The van der Waals surface area contributed by atoms with E-state index in [2.05, 4.69) is 39.6 Å². The van der Waals surface area contributed by atoms with Crippen LogP contribution in [0.1, 0.15) is 24.0 Å². The van der Waals surface area contributed by atoms with Crippen molar-refractivity contribution in [2.45, 2.75) is 12.8 Å². The van der Waals surface area contributed by atoms with Gasteiger partial charge in [-0.15, -0.1) is 0 Å². The highest BCUT2D eigenvalue weighted by atomic mass is 79.9. The summed E-state index contributed by atoms with van der Waals surface area (Å²) in [5, 5.41) is 8.98. The van der Waals surface area contributed by atoms with Crippen molar-refractivity contribution in [2.75, 3.05) is 25.2 Å². The highest BCUT2D eigenvalue weighted by Gasteiger charge is 1.94. The molecule has 0 atom stereocenters. The first kappa shape index (κ1) is 22.9. The zero-order chi connectivity index (χ0) is 19.7. The maximum Gasteiger partial charge on any atom is 0.123 e. The summed E-state index contributed by atoms with van der Waals surface area (Å²) in [7, 11) is 0. The van der Waals surface area contributed by atoms with Crippen LogP contribution in [0.15, 0.2) is 48.5 Å². The average molecular weight is 435 g/mol. The minimum atomic E-state index is -0.278. The molecule has 3 rings (SSSR count). The average Bonchev–Trinajstić information content (AvgIpc) is 3.28. The first-order valence-electron chi connectivity index (χ1n) is 8.39. The first-order chi connectivity index (χ1) is 13.2. The minimum Gasteiger partial charge on any atom is -0.384 e. The fourth-order valence-electron chi connectivity index (χ4n) is 1.85. The van der Waals surface area contributed by atoms with Crippen LogP contribution in [0.5, 0.6) is 0 Å². The molecule has 1 N–H and O–H groups in total. The number of aliphatic hydroxyl groups excluding tert-OH is 1. The second kappa shape index (κ2) is 14.9. The SMILES string of the molecule is C1CCOC1.Fc1ccc(C#CCBr)cc1.OCC#Cc1ccc(F)cc1. The van der Waals surface area contributed by atoms with E-state index in [-0.39, 0.29) is 18.2 Å². The second-order valence-corrected chi connectivity index (χ2v) is 5.79. The third kappa shape index (κ3) is 11.9. The Labute approximate surface area is 167 Å². The fourth-order valence-corrected chi connectivity index (χ4v) is 1.99. The Balaban J connectivity index is 0.000000216. The summed E-state index contributed by atoms with van der Waals surface area (Å²) in [6.07, 6.45) is 2.56. The van der Waals surface area contributed by atoms with Gasteiger partial charge in [-0.1, -0.05) is 39.6 Å². The van der Waals surface area contributed by atoms with Gasteiger partial charge in [0.15, 0.2) is 0 Å². The Hall–Kier alpha value is -2.18. The van der Waals surface area contributed by atoms with Crippen molar-refractivity contribution in [1.29, 1.82) is 0 Å². The topological polar surface area (TPSA) is 29.5 Å². The zero-order valence-corrected chi connectivity index (χ0v) is 16.4. The fraction of sp³-hybridized carbons (Fsp3) is 0.273. The van der Waals surface area contributed by atoms with E-state index >= 15 is 0 Å². The van der Waals surface area contributed by atoms with Gasteiger partial charge in [-0.3, -0.25) is 0 Å². The molecule has 0 aromatic heterocycles. The van der Waals surface area contributed by atoms with Gasteiger partial charge in [0.25, 0.3) is 0 Å². The molecule has 2 aromatic rings. The van der Waals surface area contributed by atoms with Crippen molar-refractivity contribution in [2.24, 2.45) is 0 Å². The minimum absolute atomic E-state index is 0.169. The lowest BCUT2D eigenvalue weighted by Gasteiger charge is -1.87. The molecule has 1 heterocycles. The molecular weight excluding hydrogens is 414 g/mol. The van der Waals surface area contributed by atoms with E-state index in [1.165, 1.54) is 37.1 Å². The molecule has 1 aliphatic heterocycles. The molecule has 2 nitrogen and oxygen atoms in total. The Morgan fingerprint density at radius 1 is 0.815 bits per heavy atom. The zero-order valence-electron chi connectivity index (χ0n) is 14.9. The lowest BCUT2D eigenvalue weighted by atomic mass is 10.2. The summed E-state index contributed by atoms with van der Waals surface area (Å²) in [6.45, 7) is 1.83. The Bertz CT molecular complexity index is 691. The number of aliphatic hydroxyl groups is 1. The van der Waals surface area contributed by atoms with E-state index in [4.69, 9.17) is 9.84 Å². The van der Waals surface area contributed by atoms with Crippen LogP contribution in [0.3, 0.4) is 0 Å². The van der Waals surface area contributed by atoms with E-state index in [1.54, 1.807) is 24.3 Å². The summed E-state index contributed by atoms with van der Waals surface area (Å²) in [6, 6.07) is 11.9. The highest BCUT2D eigenvalue weighted by molar-refractivity contribution is 9.09. The van der Waals surface area contributed by atoms with Crippen molar-refractivity contribution >= 4 is 15.9 Å². The quantitative estimate of drug-likeness (QED) is 0.487. The number of rotatable bonds is 0. The molecule has 0 bridgehead atoms. The maximum atomic E-state index is 12.4. The summed E-state index contributed by atoms with van der Waals surface area (Å²) in [5.41, 5.74) is 1.55. The predicted molar refractivity (Wildman–Crippen MR) is 107 cm³/mol. The van der Waals surface area contributed by atoms with Gasteiger partial charge in [0.05, 0.1) is 5.33 Å². The van der Waals surface area contributed by atoms with Crippen LogP contribution in [0.2, 0.25) is 0 Å². The predicted octanol–water partition coefficient (Wildman–Crippen LogP) is 4.54. The number of halogens is 3. The van der Waals surface area contributed by atoms with Gasteiger partial charge in [-0.2, -0.15) is 0 Å². The van der Waals surface area contributed by atoms with Crippen molar-refractivity contribution in [3.63, 3.8) is 0 Å². The van der Waals surface area contributed by atoms with Crippen LogP contribution in [0, 0.1) is 35.3 Å². The second-order valence-electron chi connectivity index (χ2n) is 5.23. The van der Waals surface area contributed by atoms with Crippen LogP contribution in [0.4, 0.5) is 8.78 Å². The Morgan fingerprint density at radius 2 is 1.26 bits per heavy atom. The van der Waals surface area contributed by atoms with Crippen molar-refractivity contribution in [1.82, 2.24) is 0 Å². The lowest BCUT2D eigenvalue weighted by Crippen LogP contribution is -1.77. The van der Waals surface area contributed by atoms with E-state index in [0.29, 0.717) is 10.9 Å². The molecule has 5 heteroatoms. The standard InChI is InChI=1S/C9H6BrF.C9H7FO.C4H8O/c10-7-1-2-8-3-5-9(11)6-4-8;10-9-5-3-8(4-6-9)2-1-7-11;1-2-4-5-3-1/h3-6H,7H2;3-6,11H,7H2;1-4H2. The van der Waals surface area contributed by atoms with Crippen LogP contribution in [-0.2, 0) is 4.74 Å². The third-order valence-corrected chi connectivity index (χ3v) is 3.41. The molecule has 1 saturated heterocycles. The van der Waals surface area contributed by atoms with Gasteiger partial charge in [-0.25, -0.2) is 8.78 Å². The molecule has 0 saturated carbocycles. The van der Waals surface area contributed by atoms with E-state index < -0.39 is 0 Å². The normalized spacial score (nSPS) is 11.4. The molecule has 0 amide bonds. The molecule has 0 unspecified atom stereocenters. The Kier molecular flexibility index (Phi) is 12.6. The van der Waals surface area contributed by atoms with Crippen LogP contribution >= 0.6 is 15.9 Å². The van der Waals surface area contributed by atoms with E-state index in [9.17, 15) is 8.78 Å². The van der Waals surface area contributed by atoms with E-state index in [0.717, 1.165) is 18.8 Å². The maximum absolute atomic E-state index is 12.4. The van der Waals surface area contributed by atoms with Gasteiger partial charge >= 0.3 is 0 Å². The highest BCUT2D eigenvalue weighted by Crippen LogP contribution is 2.01. The lowest BCUT2D eigenvalue weighted by molar-refractivity contribution is 0.198. The number of benzene rings is 2. The third-order valence-electron chi connectivity index (χ3n) is 3.13. The van der Waals surface area contributed by atoms with Gasteiger partial charge in [0.2, 0.25) is 0 Å². The van der Waals surface area contributed by atoms with Crippen LogP contribution in [0.25, 0.3) is 0 Å². The van der Waals surface area contributed by atoms with Gasteiger partial charge in [0.1, 0.15) is 18.2 Å². The largest absolute Gasteiger partial charge is 0.384 e. The van der Waals surface area contributed by atoms with Gasteiger partial charge in [-0.05, 0) is 61.4 Å². The van der Waals surface area contributed by atoms with Gasteiger partial charge in [0, 0.05) is 24.3 Å².